The molecule has 1 aliphatic heterocycles. The number of amides is 1. The van der Waals surface area contributed by atoms with E-state index >= 15 is 0 Å². The first-order valence-electron chi connectivity index (χ1n) is 9.40. The van der Waals surface area contributed by atoms with Crippen LogP contribution in [0.15, 0.2) is 48.8 Å². The minimum absolute atomic E-state index is 0.158. The van der Waals surface area contributed by atoms with Crippen molar-refractivity contribution in [1.82, 2.24) is 9.88 Å². The van der Waals surface area contributed by atoms with Crippen molar-refractivity contribution in [2.45, 2.75) is 38.6 Å². The number of likely N-dealkylation sites (tertiary alicyclic amines) is 1. The summed E-state index contributed by atoms with van der Waals surface area (Å²) in [6.07, 6.45) is 6.78. The lowest BCUT2D eigenvalue weighted by Crippen LogP contribution is -2.48. The molecule has 0 bridgehead atoms. The lowest BCUT2D eigenvalue weighted by atomic mass is 10.0. The van der Waals surface area contributed by atoms with Gasteiger partial charge in [0, 0.05) is 38.3 Å². The Kier molecular flexibility index (Phi) is 6.23. The number of aromatic nitrogens is 1. The third-order valence-electron chi connectivity index (χ3n) is 5.11. The molecular formula is C21H27N3O2. The van der Waals surface area contributed by atoms with Crippen molar-refractivity contribution < 1.29 is 9.90 Å². The Morgan fingerprint density at radius 3 is 2.65 bits per heavy atom. The van der Waals surface area contributed by atoms with Crippen LogP contribution in [-0.4, -0.2) is 46.6 Å². The highest BCUT2D eigenvalue weighted by Crippen LogP contribution is 2.24. The third-order valence-corrected chi connectivity index (χ3v) is 5.11. The molecule has 0 atom stereocenters. The number of benzene rings is 1. The van der Waals surface area contributed by atoms with Gasteiger partial charge in [0.1, 0.15) is 5.75 Å². The monoisotopic (exact) mass is 353 g/mol. The molecule has 0 unspecified atom stereocenters. The molecule has 1 N–H and O–H groups in total. The maximum Gasteiger partial charge on any atom is 0.227 e. The highest BCUT2D eigenvalue weighted by Gasteiger charge is 2.28. The number of phenols is 1. The number of anilines is 1. The number of aromatic hydroxyl groups is 1. The van der Waals surface area contributed by atoms with Crippen LogP contribution in [0.2, 0.25) is 0 Å². The largest absolute Gasteiger partial charge is 0.508 e. The average Bonchev–Trinajstić information content (AvgIpc) is 2.69. The zero-order chi connectivity index (χ0) is 18.4. The van der Waals surface area contributed by atoms with E-state index in [2.05, 4.69) is 9.88 Å². The highest BCUT2D eigenvalue weighted by molar-refractivity contribution is 5.93. The van der Waals surface area contributed by atoms with Crippen LogP contribution in [-0.2, 0) is 11.2 Å². The fourth-order valence-corrected chi connectivity index (χ4v) is 3.63. The topological polar surface area (TPSA) is 56.7 Å². The van der Waals surface area contributed by atoms with Gasteiger partial charge in [0.05, 0.1) is 11.9 Å². The van der Waals surface area contributed by atoms with E-state index in [0.29, 0.717) is 12.2 Å². The Balaban J connectivity index is 1.58. The fourth-order valence-electron chi connectivity index (χ4n) is 3.63. The van der Waals surface area contributed by atoms with Crippen LogP contribution in [0.5, 0.6) is 5.75 Å². The van der Waals surface area contributed by atoms with Crippen LogP contribution in [0.4, 0.5) is 5.69 Å². The molecule has 1 aliphatic rings. The van der Waals surface area contributed by atoms with Crippen LogP contribution in [0, 0.1) is 0 Å². The molecule has 0 spiro atoms. The van der Waals surface area contributed by atoms with Gasteiger partial charge in [-0.25, -0.2) is 0 Å². The van der Waals surface area contributed by atoms with Crippen LogP contribution in [0.25, 0.3) is 0 Å². The van der Waals surface area contributed by atoms with Crippen molar-refractivity contribution >= 4 is 11.6 Å². The normalized spacial score (nSPS) is 15.7. The Morgan fingerprint density at radius 1 is 1.23 bits per heavy atom. The zero-order valence-electron chi connectivity index (χ0n) is 15.3. The first kappa shape index (κ1) is 18.4. The van der Waals surface area contributed by atoms with E-state index in [-0.39, 0.29) is 11.9 Å². The van der Waals surface area contributed by atoms with E-state index in [1.807, 2.05) is 42.2 Å². The molecule has 0 aliphatic carbocycles. The van der Waals surface area contributed by atoms with E-state index in [1.54, 1.807) is 18.5 Å². The van der Waals surface area contributed by atoms with Gasteiger partial charge >= 0.3 is 0 Å². The Hall–Kier alpha value is -2.40. The quantitative estimate of drug-likeness (QED) is 0.866. The van der Waals surface area contributed by atoms with Crippen molar-refractivity contribution in [3.05, 3.63) is 54.4 Å². The van der Waals surface area contributed by atoms with Crippen molar-refractivity contribution in [2.24, 2.45) is 0 Å². The standard InChI is InChI=1S/C21H27N3O2/c1-2-21(26)24(19-7-5-12-22-16-19)18-10-14-23(15-11-18)13-9-17-6-3-4-8-20(17)25/h3-8,12,16,18,25H,2,9-11,13-15H2,1H3. The summed E-state index contributed by atoms with van der Waals surface area (Å²) in [5.74, 6) is 0.532. The van der Waals surface area contributed by atoms with Gasteiger partial charge in [-0.05, 0) is 43.0 Å². The van der Waals surface area contributed by atoms with Gasteiger partial charge in [-0.1, -0.05) is 25.1 Å². The second kappa shape index (κ2) is 8.81. The molecule has 2 aromatic rings. The van der Waals surface area contributed by atoms with Crippen molar-refractivity contribution in [3.8, 4) is 5.75 Å². The van der Waals surface area contributed by atoms with E-state index in [1.165, 1.54) is 0 Å². The Morgan fingerprint density at radius 2 is 2.00 bits per heavy atom. The highest BCUT2D eigenvalue weighted by atomic mass is 16.3. The molecule has 0 saturated carbocycles. The SMILES string of the molecule is CCC(=O)N(c1cccnc1)C1CCN(CCc2ccccc2O)CC1. The molecule has 3 rings (SSSR count). The molecule has 0 radical (unpaired) electrons. The number of phenolic OH excluding ortho intramolecular Hbond substituents is 1. The first-order chi connectivity index (χ1) is 12.7. The summed E-state index contributed by atoms with van der Waals surface area (Å²) in [6, 6.07) is 11.6. The molecular weight excluding hydrogens is 326 g/mol. The van der Waals surface area contributed by atoms with Crippen LogP contribution >= 0.6 is 0 Å². The summed E-state index contributed by atoms with van der Waals surface area (Å²) < 4.78 is 0. The molecule has 1 amide bonds. The summed E-state index contributed by atoms with van der Waals surface area (Å²) in [5.41, 5.74) is 1.89. The number of rotatable bonds is 6. The van der Waals surface area contributed by atoms with Crippen LogP contribution < -0.4 is 4.90 Å². The maximum atomic E-state index is 12.5. The molecule has 1 saturated heterocycles. The molecule has 1 aromatic carbocycles. The summed E-state index contributed by atoms with van der Waals surface area (Å²) in [7, 11) is 0. The molecule has 1 fully saturated rings. The van der Waals surface area contributed by atoms with Gasteiger partial charge in [-0.15, -0.1) is 0 Å². The fraction of sp³-hybridized carbons (Fsp3) is 0.429. The summed E-state index contributed by atoms with van der Waals surface area (Å²) in [5, 5.41) is 9.90. The Labute approximate surface area is 155 Å². The molecule has 1 aromatic heterocycles. The van der Waals surface area contributed by atoms with Gasteiger partial charge in [-0.3, -0.25) is 9.78 Å². The van der Waals surface area contributed by atoms with Crippen LogP contribution in [0.3, 0.4) is 0 Å². The van der Waals surface area contributed by atoms with Crippen molar-refractivity contribution in [3.63, 3.8) is 0 Å². The molecule has 2 heterocycles. The Bertz CT molecular complexity index is 712. The summed E-state index contributed by atoms with van der Waals surface area (Å²) in [6.45, 7) is 4.77. The van der Waals surface area contributed by atoms with Gasteiger partial charge in [0.25, 0.3) is 0 Å². The van der Waals surface area contributed by atoms with Gasteiger partial charge in [0.15, 0.2) is 0 Å². The van der Waals surface area contributed by atoms with E-state index in [4.69, 9.17) is 0 Å². The molecule has 138 valence electrons. The lowest BCUT2D eigenvalue weighted by molar-refractivity contribution is -0.119. The molecule has 5 heteroatoms. The number of piperidine rings is 1. The lowest BCUT2D eigenvalue weighted by Gasteiger charge is -2.38. The minimum atomic E-state index is 0.158. The van der Waals surface area contributed by atoms with Crippen molar-refractivity contribution in [1.29, 1.82) is 0 Å². The maximum absolute atomic E-state index is 12.5. The van der Waals surface area contributed by atoms with Gasteiger partial charge in [-0.2, -0.15) is 0 Å². The number of pyridine rings is 1. The minimum Gasteiger partial charge on any atom is -0.508 e. The summed E-state index contributed by atoms with van der Waals surface area (Å²) in [4.78, 5) is 21.0. The van der Waals surface area contributed by atoms with Gasteiger partial charge < -0.3 is 14.9 Å². The number of carbonyl (C=O) groups is 1. The molecule has 5 nitrogen and oxygen atoms in total. The van der Waals surface area contributed by atoms with E-state index in [9.17, 15) is 9.90 Å². The second-order valence-electron chi connectivity index (χ2n) is 6.78. The van der Waals surface area contributed by atoms with Crippen LogP contribution in [0.1, 0.15) is 31.7 Å². The number of para-hydroxylation sites is 1. The predicted molar refractivity (Wildman–Crippen MR) is 103 cm³/mol. The zero-order valence-corrected chi connectivity index (χ0v) is 15.3. The van der Waals surface area contributed by atoms with E-state index in [0.717, 1.165) is 50.1 Å². The summed E-state index contributed by atoms with van der Waals surface area (Å²) >= 11 is 0. The number of hydrogen-bond acceptors (Lipinski definition) is 4. The van der Waals surface area contributed by atoms with E-state index < -0.39 is 0 Å². The number of hydrogen-bond donors (Lipinski definition) is 1. The second-order valence-corrected chi connectivity index (χ2v) is 6.78. The number of carbonyl (C=O) groups excluding carboxylic acids is 1. The predicted octanol–water partition coefficient (Wildman–Crippen LogP) is 3.24. The van der Waals surface area contributed by atoms with Crippen molar-refractivity contribution in [2.75, 3.05) is 24.5 Å². The van der Waals surface area contributed by atoms with Gasteiger partial charge in [0.2, 0.25) is 5.91 Å². The smallest absolute Gasteiger partial charge is 0.227 e. The first-order valence-corrected chi connectivity index (χ1v) is 9.40. The molecule has 26 heavy (non-hydrogen) atoms. The average molecular weight is 353 g/mol. The number of nitrogens with zero attached hydrogens (tertiary/aromatic N) is 3. The third kappa shape index (κ3) is 4.41.